The molecule has 64 valence electrons. The van der Waals surface area contributed by atoms with Crippen molar-refractivity contribution in [1.29, 1.82) is 0 Å². The second kappa shape index (κ2) is 3.74. The molecule has 3 heteroatoms. The average Bonchev–Trinajstić information content (AvgIpc) is 2.40. The van der Waals surface area contributed by atoms with Crippen LogP contribution in [-0.4, -0.2) is 28.0 Å². The third-order valence-electron chi connectivity index (χ3n) is 2.16. The van der Waals surface area contributed by atoms with Gasteiger partial charge in [-0.1, -0.05) is 13.8 Å². The summed E-state index contributed by atoms with van der Waals surface area (Å²) >= 11 is 0. The van der Waals surface area contributed by atoms with E-state index in [-0.39, 0.29) is 0 Å². The van der Waals surface area contributed by atoms with Crippen LogP contribution in [0.5, 0.6) is 0 Å². The van der Waals surface area contributed by atoms with Crippen LogP contribution >= 0.6 is 0 Å². The lowest BCUT2D eigenvalue weighted by atomic mass is 10.1. The summed E-state index contributed by atoms with van der Waals surface area (Å²) < 4.78 is 0. The van der Waals surface area contributed by atoms with Crippen molar-refractivity contribution in [2.45, 2.75) is 32.7 Å². The third kappa shape index (κ3) is 1.73. The largest absolute Gasteiger partial charge is 0.273 e. The van der Waals surface area contributed by atoms with Gasteiger partial charge in [-0.05, 0) is 18.9 Å². The highest BCUT2D eigenvalue weighted by Crippen LogP contribution is 2.14. The van der Waals surface area contributed by atoms with Crippen molar-refractivity contribution < 1.29 is 5.21 Å². The van der Waals surface area contributed by atoms with Crippen molar-refractivity contribution in [2.75, 3.05) is 6.54 Å². The van der Waals surface area contributed by atoms with Gasteiger partial charge in [0.25, 0.3) is 0 Å². The summed E-state index contributed by atoms with van der Waals surface area (Å²) in [6.07, 6.45) is 5.81. The van der Waals surface area contributed by atoms with Gasteiger partial charge in [-0.3, -0.25) is 5.21 Å². The number of nitrogens with zero attached hydrogens (tertiary/aromatic N) is 2. The van der Waals surface area contributed by atoms with Gasteiger partial charge in [-0.15, -0.1) is 0 Å². The van der Waals surface area contributed by atoms with Gasteiger partial charge in [0.2, 0.25) is 0 Å². The van der Waals surface area contributed by atoms with Crippen LogP contribution in [-0.2, 0) is 0 Å². The first-order chi connectivity index (χ1) is 5.29. The van der Waals surface area contributed by atoms with Gasteiger partial charge >= 0.3 is 0 Å². The summed E-state index contributed by atoms with van der Waals surface area (Å²) in [5.74, 6) is 0. The molecule has 1 heterocycles. The molecule has 0 fully saturated rings. The molecule has 1 rings (SSSR count). The minimum absolute atomic E-state index is 0.468. The zero-order chi connectivity index (χ0) is 8.27. The van der Waals surface area contributed by atoms with Crippen LogP contribution in [0.3, 0.4) is 0 Å². The molecular formula is C8H16N2O. The second-order valence-corrected chi connectivity index (χ2v) is 2.80. The Hall–Kier alpha value is -0.540. The smallest absolute Gasteiger partial charge is 0.0435 e. The zero-order valence-corrected chi connectivity index (χ0v) is 7.20. The fourth-order valence-electron chi connectivity index (χ4n) is 1.45. The first kappa shape index (κ1) is 8.56. The Bertz CT molecular complexity index is 143. The van der Waals surface area contributed by atoms with Crippen molar-refractivity contribution in [3.63, 3.8) is 0 Å². The Morgan fingerprint density at radius 2 is 2.09 bits per heavy atom. The third-order valence-corrected chi connectivity index (χ3v) is 2.16. The van der Waals surface area contributed by atoms with Gasteiger partial charge < -0.3 is 0 Å². The molecule has 1 aliphatic rings. The molecule has 0 saturated carbocycles. The Kier molecular flexibility index (Phi) is 2.91. The molecule has 1 N–H and O–H groups in total. The van der Waals surface area contributed by atoms with Crippen molar-refractivity contribution in [3.8, 4) is 0 Å². The normalized spacial score (nSPS) is 18.7. The second-order valence-electron chi connectivity index (χ2n) is 2.80. The molecule has 0 aliphatic carbocycles. The number of rotatable bonds is 3. The minimum atomic E-state index is 0.468. The average molecular weight is 156 g/mol. The summed E-state index contributed by atoms with van der Waals surface area (Å²) in [4.78, 5) is 0. The van der Waals surface area contributed by atoms with E-state index in [2.05, 4.69) is 13.8 Å². The van der Waals surface area contributed by atoms with Gasteiger partial charge in [0.1, 0.15) is 0 Å². The molecule has 0 aromatic carbocycles. The summed E-state index contributed by atoms with van der Waals surface area (Å²) in [5.41, 5.74) is 0. The maximum Gasteiger partial charge on any atom is 0.0435 e. The number of hydroxylamine groups is 1. The van der Waals surface area contributed by atoms with Gasteiger partial charge in [0.15, 0.2) is 0 Å². The van der Waals surface area contributed by atoms with E-state index >= 15 is 0 Å². The molecule has 11 heavy (non-hydrogen) atoms. The van der Waals surface area contributed by atoms with E-state index in [0.29, 0.717) is 6.04 Å². The molecule has 0 radical (unpaired) electrons. The van der Waals surface area contributed by atoms with Crippen LogP contribution in [0.15, 0.2) is 12.3 Å². The monoisotopic (exact) mass is 156 g/mol. The zero-order valence-electron chi connectivity index (χ0n) is 7.20. The van der Waals surface area contributed by atoms with Crippen molar-refractivity contribution >= 4 is 0 Å². The molecule has 0 aromatic rings. The van der Waals surface area contributed by atoms with Gasteiger partial charge in [0.05, 0.1) is 0 Å². The number of hydrazine groups is 1. The van der Waals surface area contributed by atoms with E-state index in [4.69, 9.17) is 0 Å². The van der Waals surface area contributed by atoms with Crippen LogP contribution in [0.4, 0.5) is 0 Å². The fraction of sp³-hybridized carbons (Fsp3) is 0.750. The topological polar surface area (TPSA) is 26.7 Å². The van der Waals surface area contributed by atoms with E-state index in [1.54, 1.807) is 6.20 Å². The van der Waals surface area contributed by atoms with Crippen molar-refractivity contribution in [3.05, 3.63) is 12.3 Å². The van der Waals surface area contributed by atoms with E-state index in [9.17, 15) is 5.21 Å². The molecule has 0 saturated heterocycles. The van der Waals surface area contributed by atoms with Crippen LogP contribution in [0.1, 0.15) is 26.7 Å². The first-order valence-corrected chi connectivity index (χ1v) is 4.20. The molecule has 0 aromatic heterocycles. The Morgan fingerprint density at radius 1 is 1.45 bits per heavy atom. The highest BCUT2D eigenvalue weighted by Gasteiger charge is 2.20. The Labute approximate surface area is 67.8 Å². The maximum absolute atomic E-state index is 9.29. The highest BCUT2D eigenvalue weighted by atomic mass is 16.5. The van der Waals surface area contributed by atoms with Crippen LogP contribution in [0.2, 0.25) is 0 Å². The standard InChI is InChI=1S/C8H16N2O/c1-3-8(4-2)9-6-5-7-10(9)11/h5,7-8,11H,3-4,6H2,1-2H3. The van der Waals surface area contributed by atoms with Crippen LogP contribution < -0.4 is 0 Å². The summed E-state index contributed by atoms with van der Waals surface area (Å²) in [6, 6.07) is 0.468. The van der Waals surface area contributed by atoms with E-state index in [1.807, 2.05) is 11.1 Å². The first-order valence-electron chi connectivity index (χ1n) is 4.20. The number of hydrogen-bond donors (Lipinski definition) is 1. The van der Waals surface area contributed by atoms with Crippen LogP contribution in [0, 0.1) is 0 Å². The van der Waals surface area contributed by atoms with Crippen LogP contribution in [0.25, 0.3) is 0 Å². The molecule has 0 bridgehead atoms. The predicted octanol–water partition coefficient (Wildman–Crippen LogP) is 1.61. The summed E-state index contributed by atoms with van der Waals surface area (Å²) in [6.45, 7) is 5.11. The quantitative estimate of drug-likeness (QED) is 0.672. The molecule has 0 spiro atoms. The lowest BCUT2D eigenvalue weighted by Crippen LogP contribution is -2.40. The Morgan fingerprint density at radius 3 is 2.45 bits per heavy atom. The molecule has 0 amide bonds. The Balaban J connectivity index is 2.46. The minimum Gasteiger partial charge on any atom is -0.273 e. The lowest BCUT2D eigenvalue weighted by Gasteiger charge is -2.30. The van der Waals surface area contributed by atoms with Crippen molar-refractivity contribution in [2.24, 2.45) is 0 Å². The number of hydrogen-bond acceptors (Lipinski definition) is 3. The molecule has 3 nitrogen and oxygen atoms in total. The fourth-order valence-corrected chi connectivity index (χ4v) is 1.45. The van der Waals surface area contributed by atoms with Crippen molar-refractivity contribution in [1.82, 2.24) is 10.2 Å². The van der Waals surface area contributed by atoms with Gasteiger partial charge in [-0.2, -0.15) is 10.2 Å². The SMILES string of the molecule is CCC(CC)N1CC=CN1O. The highest BCUT2D eigenvalue weighted by molar-refractivity contribution is 4.89. The van der Waals surface area contributed by atoms with E-state index < -0.39 is 0 Å². The maximum atomic E-state index is 9.29. The van der Waals surface area contributed by atoms with E-state index in [1.165, 1.54) is 5.17 Å². The molecule has 0 unspecified atom stereocenters. The van der Waals surface area contributed by atoms with Gasteiger partial charge in [-0.25, -0.2) is 0 Å². The summed E-state index contributed by atoms with van der Waals surface area (Å²) in [7, 11) is 0. The van der Waals surface area contributed by atoms with Gasteiger partial charge in [0, 0.05) is 18.8 Å². The molecule has 1 aliphatic heterocycles. The summed E-state index contributed by atoms with van der Waals surface area (Å²) in [5, 5.41) is 12.4. The van der Waals surface area contributed by atoms with E-state index in [0.717, 1.165) is 19.4 Å². The molecule has 0 atom stereocenters. The lowest BCUT2D eigenvalue weighted by molar-refractivity contribution is -0.209. The predicted molar refractivity (Wildman–Crippen MR) is 43.8 cm³/mol. The molecular weight excluding hydrogens is 140 g/mol.